The Hall–Kier alpha value is -5.13. The molecule has 0 unspecified atom stereocenters. The van der Waals surface area contributed by atoms with E-state index in [1.54, 1.807) is 11.8 Å². The number of nitrogens with zero attached hydrogens (tertiary/aromatic N) is 1. The third-order valence-corrected chi connectivity index (χ3v) is 8.57. The van der Waals surface area contributed by atoms with E-state index < -0.39 is 0 Å². The summed E-state index contributed by atoms with van der Waals surface area (Å²) in [5.74, 6) is 0. The maximum atomic E-state index is 5.95. The molecule has 198 valence electrons. The first-order valence-electron chi connectivity index (χ1n) is 13.5. The highest BCUT2D eigenvalue weighted by Gasteiger charge is 2.26. The van der Waals surface area contributed by atoms with Gasteiger partial charge in [0.1, 0.15) is 0 Å². The van der Waals surface area contributed by atoms with Crippen LogP contribution in [0, 0.1) is 0 Å². The largest absolute Gasteiger partial charge is 0.399 e. The molecule has 0 aliphatic carbocycles. The molecule has 0 bridgehead atoms. The summed E-state index contributed by atoms with van der Waals surface area (Å²) in [7, 11) is 0. The molecule has 6 N–H and O–H groups in total. The Morgan fingerprint density at radius 2 is 0.683 bits per heavy atom. The van der Waals surface area contributed by atoms with Crippen molar-refractivity contribution in [3.8, 4) is 33.4 Å². The molecule has 0 amide bonds. The number of nitrogens with two attached hydrogens (primary N) is 3. The highest BCUT2D eigenvalue weighted by Crippen LogP contribution is 2.53. The van der Waals surface area contributed by atoms with E-state index in [2.05, 4.69) is 102 Å². The normalized spacial score (nSPS) is 12.0. The van der Waals surface area contributed by atoms with Gasteiger partial charge >= 0.3 is 0 Å². The number of anilines is 6. The molecule has 0 aromatic heterocycles. The molecule has 4 nitrogen and oxygen atoms in total. The molecule has 0 fully saturated rings. The van der Waals surface area contributed by atoms with Gasteiger partial charge < -0.3 is 22.1 Å². The van der Waals surface area contributed by atoms with Gasteiger partial charge in [0.2, 0.25) is 0 Å². The van der Waals surface area contributed by atoms with E-state index in [4.69, 9.17) is 17.2 Å². The van der Waals surface area contributed by atoms with E-state index in [0.29, 0.717) is 0 Å². The van der Waals surface area contributed by atoms with Gasteiger partial charge in [0.25, 0.3) is 0 Å². The predicted molar refractivity (Wildman–Crippen MR) is 175 cm³/mol. The summed E-state index contributed by atoms with van der Waals surface area (Å²) in [6.45, 7) is 0. The van der Waals surface area contributed by atoms with E-state index in [0.717, 1.165) is 67.5 Å². The second kappa shape index (κ2) is 10.1. The van der Waals surface area contributed by atoms with Gasteiger partial charge in [-0.25, -0.2) is 0 Å². The monoisotopic (exact) mass is 548 g/mol. The topological polar surface area (TPSA) is 81.3 Å². The van der Waals surface area contributed by atoms with Crippen molar-refractivity contribution in [1.82, 2.24) is 0 Å². The Morgan fingerprint density at radius 1 is 0.366 bits per heavy atom. The first-order valence-corrected chi connectivity index (χ1v) is 14.3. The molecule has 41 heavy (non-hydrogen) atoms. The van der Waals surface area contributed by atoms with Gasteiger partial charge in [0.15, 0.2) is 0 Å². The molecule has 7 rings (SSSR count). The zero-order chi connectivity index (χ0) is 27.9. The van der Waals surface area contributed by atoms with Crippen molar-refractivity contribution in [3.05, 3.63) is 133 Å². The Morgan fingerprint density at radius 3 is 1.07 bits per heavy atom. The molecule has 0 radical (unpaired) electrons. The third-order valence-electron chi connectivity index (χ3n) is 7.48. The highest BCUT2D eigenvalue weighted by molar-refractivity contribution is 7.99. The second-order valence-corrected chi connectivity index (χ2v) is 11.3. The van der Waals surface area contributed by atoms with Crippen molar-refractivity contribution in [1.29, 1.82) is 0 Å². The fourth-order valence-corrected chi connectivity index (χ4v) is 6.41. The van der Waals surface area contributed by atoms with Crippen LogP contribution in [0.5, 0.6) is 0 Å². The first-order chi connectivity index (χ1) is 20.0. The van der Waals surface area contributed by atoms with Crippen LogP contribution >= 0.6 is 11.8 Å². The predicted octanol–water partition coefficient (Wildman–Crippen LogP) is 9.37. The summed E-state index contributed by atoms with van der Waals surface area (Å²) >= 11 is 1.80. The Balaban J connectivity index is 1.33. The molecular weight excluding hydrogens is 520 g/mol. The molecule has 0 saturated carbocycles. The molecule has 5 heteroatoms. The lowest BCUT2D eigenvalue weighted by Gasteiger charge is -2.33. The van der Waals surface area contributed by atoms with Gasteiger partial charge in [0, 0.05) is 32.5 Å². The van der Waals surface area contributed by atoms with Crippen molar-refractivity contribution in [2.24, 2.45) is 0 Å². The van der Waals surface area contributed by atoms with Crippen LogP contribution < -0.4 is 22.1 Å². The van der Waals surface area contributed by atoms with E-state index in [9.17, 15) is 0 Å². The van der Waals surface area contributed by atoms with Crippen molar-refractivity contribution in [3.63, 3.8) is 0 Å². The summed E-state index contributed by atoms with van der Waals surface area (Å²) < 4.78 is 0. The maximum Gasteiger partial charge on any atom is 0.0602 e. The molecule has 6 aromatic carbocycles. The van der Waals surface area contributed by atoms with Crippen LogP contribution in [0.3, 0.4) is 0 Å². The first kappa shape index (κ1) is 24.9. The average molecular weight is 549 g/mol. The number of rotatable bonds is 4. The minimum Gasteiger partial charge on any atom is -0.399 e. The van der Waals surface area contributed by atoms with Gasteiger partial charge in [-0.1, -0.05) is 72.4 Å². The van der Waals surface area contributed by atoms with Gasteiger partial charge in [-0.2, -0.15) is 0 Å². The van der Waals surface area contributed by atoms with E-state index in [1.807, 2.05) is 36.4 Å². The number of fused-ring (bicyclic) bond motifs is 2. The summed E-state index contributed by atoms with van der Waals surface area (Å²) in [4.78, 5) is 4.75. The minimum absolute atomic E-state index is 0.763. The number of benzene rings is 6. The lowest BCUT2D eigenvalue weighted by Crippen LogP contribution is -2.15. The summed E-state index contributed by atoms with van der Waals surface area (Å²) in [5.41, 5.74) is 30.4. The Kier molecular flexibility index (Phi) is 6.14. The zero-order valence-electron chi connectivity index (χ0n) is 22.3. The molecule has 0 saturated heterocycles. The summed E-state index contributed by atoms with van der Waals surface area (Å²) in [6.07, 6.45) is 0. The van der Waals surface area contributed by atoms with Crippen LogP contribution in [-0.4, -0.2) is 0 Å². The van der Waals surface area contributed by atoms with Crippen molar-refractivity contribution in [2.75, 3.05) is 22.1 Å². The fraction of sp³-hybridized carbons (Fsp3) is 0. The zero-order valence-corrected chi connectivity index (χ0v) is 23.1. The maximum absolute atomic E-state index is 5.95. The van der Waals surface area contributed by atoms with Gasteiger partial charge in [-0.05, 0) is 106 Å². The van der Waals surface area contributed by atoms with Crippen LogP contribution in [0.25, 0.3) is 33.4 Å². The fourth-order valence-electron chi connectivity index (χ4n) is 5.28. The van der Waals surface area contributed by atoms with Gasteiger partial charge in [0.05, 0.1) is 11.4 Å². The summed E-state index contributed by atoms with van der Waals surface area (Å²) in [5, 5.41) is 0. The molecule has 1 aliphatic heterocycles. The standard InChI is InChI=1S/C36H28N4S/c37-29-11-1-23(2-12-29)24-7-17-32(18-8-24)40-33-19-9-27(25-3-13-30(38)14-4-25)21-35(33)41-36-22-28(10-20-34(36)40)26-5-15-31(39)16-6-26/h1-22H,37-39H2. The van der Waals surface area contributed by atoms with Crippen LogP contribution in [-0.2, 0) is 0 Å². The Labute approximate surface area is 244 Å². The van der Waals surface area contributed by atoms with Crippen molar-refractivity contribution >= 4 is 45.9 Å². The third kappa shape index (κ3) is 4.77. The van der Waals surface area contributed by atoms with E-state index in [-0.39, 0.29) is 0 Å². The Bertz CT molecular complexity index is 1770. The molecule has 1 heterocycles. The van der Waals surface area contributed by atoms with Crippen LogP contribution in [0.2, 0.25) is 0 Å². The second-order valence-electron chi connectivity index (χ2n) is 10.2. The molecule has 6 aromatic rings. The van der Waals surface area contributed by atoms with Gasteiger partial charge in [-0.15, -0.1) is 0 Å². The molecule has 0 spiro atoms. The average Bonchev–Trinajstić information content (AvgIpc) is 3.00. The summed E-state index contributed by atoms with van der Waals surface area (Å²) in [6, 6.07) is 46.2. The van der Waals surface area contributed by atoms with Crippen LogP contribution in [0.4, 0.5) is 34.1 Å². The lowest BCUT2D eigenvalue weighted by molar-refractivity contribution is 1.17. The van der Waals surface area contributed by atoms with E-state index >= 15 is 0 Å². The molecule has 1 aliphatic rings. The number of hydrogen-bond donors (Lipinski definition) is 3. The number of nitrogen functional groups attached to an aromatic ring is 3. The van der Waals surface area contributed by atoms with Crippen molar-refractivity contribution < 1.29 is 0 Å². The van der Waals surface area contributed by atoms with Crippen LogP contribution in [0.15, 0.2) is 143 Å². The highest BCUT2D eigenvalue weighted by atomic mass is 32.2. The number of hydrogen-bond acceptors (Lipinski definition) is 5. The van der Waals surface area contributed by atoms with Crippen molar-refractivity contribution in [2.45, 2.75) is 9.79 Å². The molecule has 0 atom stereocenters. The van der Waals surface area contributed by atoms with E-state index in [1.165, 1.54) is 9.79 Å². The lowest BCUT2D eigenvalue weighted by atomic mass is 10.0. The minimum atomic E-state index is 0.763. The molecular formula is C36H28N4S. The van der Waals surface area contributed by atoms with Gasteiger partial charge in [-0.3, -0.25) is 0 Å². The quantitative estimate of drug-likeness (QED) is 0.191. The van der Waals surface area contributed by atoms with Crippen LogP contribution in [0.1, 0.15) is 0 Å². The SMILES string of the molecule is Nc1ccc(-c2ccc(N3c4ccc(-c5ccc(N)cc5)cc4Sc4cc(-c5ccc(N)cc5)ccc43)cc2)cc1. The smallest absolute Gasteiger partial charge is 0.0602 e.